The number of hydrogen-bond acceptors (Lipinski definition) is 5. The average Bonchev–Trinajstić information content (AvgIpc) is 3.37. The summed E-state index contributed by atoms with van der Waals surface area (Å²) in [5, 5.41) is 12.9. The molecule has 2 aromatic heterocycles. The maximum absolute atomic E-state index is 14.1. The Balaban J connectivity index is 1.96. The van der Waals surface area contributed by atoms with Gasteiger partial charge in [0, 0.05) is 33.6 Å². The van der Waals surface area contributed by atoms with E-state index in [0.29, 0.717) is 33.3 Å². The fraction of sp³-hybridized carbons (Fsp3) is 0.300. The molecule has 0 aliphatic rings. The van der Waals surface area contributed by atoms with E-state index < -0.39 is 6.10 Å². The van der Waals surface area contributed by atoms with E-state index >= 15 is 0 Å². The predicted molar refractivity (Wildman–Crippen MR) is 152 cm³/mol. The number of para-hydroxylation sites is 1. The van der Waals surface area contributed by atoms with Crippen molar-refractivity contribution < 1.29 is 9.90 Å². The van der Waals surface area contributed by atoms with E-state index in [1.807, 2.05) is 54.8 Å². The Kier molecular flexibility index (Phi) is 8.42. The van der Waals surface area contributed by atoms with Gasteiger partial charge in [0.25, 0.3) is 5.56 Å². The van der Waals surface area contributed by atoms with Crippen molar-refractivity contribution in [3.63, 3.8) is 0 Å². The number of ketones is 1. The monoisotopic (exact) mass is 534 g/mol. The van der Waals surface area contributed by atoms with Crippen molar-refractivity contribution in [1.29, 1.82) is 0 Å². The summed E-state index contributed by atoms with van der Waals surface area (Å²) in [5.74, 6) is -0.102. The standard InChI is InChI=1S/C30H31ClN2O3S/c1-5-20-8-7-9-21(6-2)28(20)33-19(4)24(27(35)15-10-18(3)34)16-25(30(33)36)29-32-26(17-37-29)22-11-13-23(31)14-12-22/h7-9,11-14,16-18,34H,5-6,10,15H2,1-4H3/t18-/m1/s1. The molecule has 0 saturated heterocycles. The van der Waals surface area contributed by atoms with Crippen LogP contribution in [0.3, 0.4) is 0 Å². The Morgan fingerprint density at radius 1 is 1.11 bits per heavy atom. The molecular weight excluding hydrogens is 504 g/mol. The van der Waals surface area contributed by atoms with E-state index in [4.69, 9.17) is 16.6 Å². The normalized spacial score (nSPS) is 12.1. The molecule has 7 heteroatoms. The molecule has 2 heterocycles. The molecule has 0 saturated carbocycles. The lowest BCUT2D eigenvalue weighted by Gasteiger charge is -2.21. The van der Waals surface area contributed by atoms with Gasteiger partial charge in [-0.1, -0.05) is 55.8 Å². The number of pyridine rings is 1. The van der Waals surface area contributed by atoms with Crippen molar-refractivity contribution in [2.75, 3.05) is 0 Å². The molecule has 0 fully saturated rings. The van der Waals surface area contributed by atoms with Crippen LogP contribution in [-0.4, -0.2) is 26.5 Å². The molecule has 0 radical (unpaired) electrons. The Morgan fingerprint density at radius 2 is 1.76 bits per heavy atom. The molecule has 5 nitrogen and oxygen atoms in total. The molecule has 1 N–H and O–H groups in total. The fourth-order valence-corrected chi connectivity index (χ4v) is 5.50. The third-order valence-electron chi connectivity index (χ3n) is 6.60. The van der Waals surface area contributed by atoms with Crippen LogP contribution in [-0.2, 0) is 12.8 Å². The van der Waals surface area contributed by atoms with Gasteiger partial charge in [0.1, 0.15) is 5.01 Å². The summed E-state index contributed by atoms with van der Waals surface area (Å²) in [6, 6.07) is 15.2. The summed E-state index contributed by atoms with van der Waals surface area (Å²) in [4.78, 5) is 32.3. The topological polar surface area (TPSA) is 72.2 Å². The number of carbonyl (C=O) groups is 1. The Morgan fingerprint density at radius 3 is 2.35 bits per heavy atom. The number of rotatable bonds is 9. The number of thiazole rings is 1. The fourth-order valence-electron chi connectivity index (χ4n) is 4.54. The second-order valence-corrected chi connectivity index (χ2v) is 10.5. The summed E-state index contributed by atoms with van der Waals surface area (Å²) in [6.07, 6.45) is 1.48. The lowest BCUT2D eigenvalue weighted by Crippen LogP contribution is -2.27. The van der Waals surface area contributed by atoms with Gasteiger partial charge in [0.15, 0.2) is 5.78 Å². The van der Waals surface area contributed by atoms with Crippen LogP contribution >= 0.6 is 22.9 Å². The van der Waals surface area contributed by atoms with Gasteiger partial charge in [0.2, 0.25) is 0 Å². The highest BCUT2D eigenvalue weighted by Crippen LogP contribution is 2.31. The highest BCUT2D eigenvalue weighted by molar-refractivity contribution is 7.13. The smallest absolute Gasteiger partial charge is 0.265 e. The van der Waals surface area contributed by atoms with Gasteiger partial charge in [-0.05, 0) is 62.4 Å². The number of nitrogens with zero attached hydrogens (tertiary/aromatic N) is 2. The third kappa shape index (κ3) is 5.61. The predicted octanol–water partition coefficient (Wildman–Crippen LogP) is 7.06. The van der Waals surface area contributed by atoms with Crippen LogP contribution in [0, 0.1) is 6.92 Å². The first-order valence-electron chi connectivity index (χ1n) is 12.6. The first kappa shape index (κ1) is 27.0. The van der Waals surface area contributed by atoms with E-state index in [1.54, 1.807) is 17.6 Å². The molecular formula is C30H31ClN2O3S. The van der Waals surface area contributed by atoms with Crippen molar-refractivity contribution in [2.24, 2.45) is 0 Å². The molecule has 37 heavy (non-hydrogen) atoms. The molecule has 2 aromatic carbocycles. The van der Waals surface area contributed by atoms with Crippen LogP contribution in [0.2, 0.25) is 5.02 Å². The van der Waals surface area contributed by atoms with Crippen LogP contribution in [0.15, 0.2) is 58.7 Å². The van der Waals surface area contributed by atoms with Gasteiger partial charge in [0.05, 0.1) is 23.0 Å². The minimum atomic E-state index is -0.581. The molecule has 4 rings (SSSR count). The van der Waals surface area contributed by atoms with Crippen LogP contribution in [0.1, 0.15) is 60.8 Å². The molecule has 0 amide bonds. The van der Waals surface area contributed by atoms with Gasteiger partial charge in [-0.15, -0.1) is 11.3 Å². The zero-order valence-electron chi connectivity index (χ0n) is 21.5. The Hall–Kier alpha value is -3.06. The lowest BCUT2D eigenvalue weighted by molar-refractivity contribution is 0.0948. The largest absolute Gasteiger partial charge is 0.393 e. The van der Waals surface area contributed by atoms with Crippen LogP contribution in [0.25, 0.3) is 27.5 Å². The van der Waals surface area contributed by atoms with Crippen LogP contribution in [0.5, 0.6) is 0 Å². The molecule has 4 aromatic rings. The van der Waals surface area contributed by atoms with Crippen LogP contribution in [0.4, 0.5) is 0 Å². The van der Waals surface area contributed by atoms with Gasteiger partial charge in [-0.2, -0.15) is 0 Å². The maximum atomic E-state index is 14.1. The number of carbonyl (C=O) groups excluding carboxylic acids is 1. The number of Topliss-reactive ketones (excluding diaryl/α,β-unsaturated/α-hetero) is 1. The van der Waals surface area contributed by atoms with E-state index in [-0.39, 0.29) is 17.8 Å². The highest BCUT2D eigenvalue weighted by atomic mass is 35.5. The number of aliphatic hydroxyl groups excluding tert-OH is 1. The summed E-state index contributed by atoms with van der Waals surface area (Å²) >= 11 is 7.42. The Bertz CT molecular complexity index is 1460. The number of aliphatic hydroxyl groups is 1. The van der Waals surface area contributed by atoms with Crippen LogP contribution < -0.4 is 5.56 Å². The lowest BCUT2D eigenvalue weighted by atomic mass is 9.98. The number of hydrogen-bond donors (Lipinski definition) is 1. The molecule has 0 bridgehead atoms. The van der Waals surface area contributed by atoms with Crippen molar-refractivity contribution in [3.8, 4) is 27.5 Å². The van der Waals surface area contributed by atoms with Crippen molar-refractivity contribution in [2.45, 2.75) is 59.5 Å². The first-order valence-corrected chi connectivity index (χ1v) is 13.8. The molecule has 192 valence electrons. The molecule has 0 aliphatic carbocycles. The number of aryl methyl sites for hydroxylation is 2. The van der Waals surface area contributed by atoms with Gasteiger partial charge in [-0.3, -0.25) is 14.2 Å². The third-order valence-corrected chi connectivity index (χ3v) is 7.73. The maximum Gasteiger partial charge on any atom is 0.265 e. The van der Waals surface area contributed by atoms with Gasteiger partial charge < -0.3 is 5.11 Å². The van der Waals surface area contributed by atoms with E-state index in [1.165, 1.54) is 11.3 Å². The minimum absolute atomic E-state index is 0.102. The van der Waals surface area contributed by atoms with Gasteiger partial charge in [-0.25, -0.2) is 4.98 Å². The second kappa shape index (κ2) is 11.5. The minimum Gasteiger partial charge on any atom is -0.393 e. The zero-order chi connectivity index (χ0) is 26.7. The second-order valence-electron chi connectivity index (χ2n) is 9.19. The summed E-state index contributed by atoms with van der Waals surface area (Å²) in [5.41, 5.74) is 5.86. The quantitative estimate of drug-likeness (QED) is 0.233. The highest BCUT2D eigenvalue weighted by Gasteiger charge is 2.23. The van der Waals surface area contributed by atoms with Crippen molar-refractivity contribution >= 4 is 28.7 Å². The number of aromatic nitrogens is 2. The summed E-state index contributed by atoms with van der Waals surface area (Å²) in [7, 11) is 0. The number of halogens is 1. The number of benzene rings is 2. The van der Waals surface area contributed by atoms with E-state index in [0.717, 1.165) is 40.9 Å². The van der Waals surface area contributed by atoms with E-state index in [9.17, 15) is 14.7 Å². The van der Waals surface area contributed by atoms with Gasteiger partial charge >= 0.3 is 0 Å². The van der Waals surface area contributed by atoms with Crippen molar-refractivity contribution in [3.05, 3.63) is 91.7 Å². The zero-order valence-corrected chi connectivity index (χ0v) is 23.1. The SMILES string of the molecule is CCc1cccc(CC)c1-n1c(C)c(C(=O)CC[C@@H](C)O)cc(-c2nc(-c3ccc(Cl)cc3)cs2)c1=O. The first-order chi connectivity index (χ1) is 17.7. The summed E-state index contributed by atoms with van der Waals surface area (Å²) in [6.45, 7) is 7.63. The Labute approximate surface area is 226 Å². The molecule has 0 aliphatic heterocycles. The molecule has 0 unspecified atom stereocenters. The van der Waals surface area contributed by atoms with E-state index in [2.05, 4.69) is 13.8 Å². The molecule has 0 spiro atoms. The summed E-state index contributed by atoms with van der Waals surface area (Å²) < 4.78 is 1.70. The molecule has 1 atom stereocenters. The average molecular weight is 535 g/mol. The van der Waals surface area contributed by atoms with Crippen molar-refractivity contribution in [1.82, 2.24) is 9.55 Å².